The second-order valence-electron chi connectivity index (χ2n) is 6.63. The minimum atomic E-state index is 0.502. The van der Waals surface area contributed by atoms with E-state index in [0.29, 0.717) is 5.92 Å². The Balaban J connectivity index is 1.67. The quantitative estimate of drug-likeness (QED) is 0.740. The van der Waals surface area contributed by atoms with E-state index in [1.807, 2.05) is 6.92 Å². The third kappa shape index (κ3) is 4.65. The van der Waals surface area contributed by atoms with Crippen LogP contribution in [0.25, 0.3) is 0 Å². The maximum Gasteiger partial charge on any atom is 0.132 e. The predicted molar refractivity (Wildman–Crippen MR) is 94.7 cm³/mol. The molecule has 24 heavy (non-hydrogen) atoms. The van der Waals surface area contributed by atoms with Gasteiger partial charge >= 0.3 is 0 Å². The maximum absolute atomic E-state index is 5.51. The van der Waals surface area contributed by atoms with E-state index in [1.165, 1.54) is 25.1 Å². The van der Waals surface area contributed by atoms with Gasteiger partial charge in [-0.2, -0.15) is 0 Å². The van der Waals surface area contributed by atoms with Gasteiger partial charge in [-0.3, -0.25) is 0 Å². The van der Waals surface area contributed by atoms with Crippen molar-refractivity contribution in [3.8, 4) is 0 Å². The number of aromatic nitrogens is 2. The second kappa shape index (κ2) is 8.74. The fourth-order valence-electron chi connectivity index (χ4n) is 3.58. The lowest BCUT2D eigenvalue weighted by Crippen LogP contribution is -2.38. The molecule has 2 fully saturated rings. The molecule has 0 aromatic carbocycles. The van der Waals surface area contributed by atoms with Crippen LogP contribution in [-0.4, -0.2) is 74.0 Å². The van der Waals surface area contributed by atoms with Gasteiger partial charge in [0.1, 0.15) is 11.6 Å². The van der Waals surface area contributed by atoms with Gasteiger partial charge in [-0.25, -0.2) is 9.97 Å². The van der Waals surface area contributed by atoms with Crippen molar-refractivity contribution in [3.63, 3.8) is 0 Å². The average Bonchev–Trinajstić information content (AvgIpc) is 2.62. The molecular weight excluding hydrogens is 304 g/mol. The van der Waals surface area contributed by atoms with E-state index in [-0.39, 0.29) is 0 Å². The van der Waals surface area contributed by atoms with Crippen LogP contribution in [0.1, 0.15) is 37.2 Å². The molecule has 1 unspecified atom stereocenters. The van der Waals surface area contributed by atoms with Gasteiger partial charge in [0.15, 0.2) is 0 Å². The van der Waals surface area contributed by atoms with Crippen molar-refractivity contribution in [1.29, 1.82) is 0 Å². The number of anilines is 1. The molecular formula is C18H30N4O2. The molecule has 1 atom stereocenters. The van der Waals surface area contributed by atoms with E-state index < -0.39 is 0 Å². The van der Waals surface area contributed by atoms with E-state index in [4.69, 9.17) is 14.5 Å². The van der Waals surface area contributed by atoms with Crippen LogP contribution in [0.3, 0.4) is 0 Å². The Labute approximate surface area is 145 Å². The molecule has 6 nitrogen and oxygen atoms in total. The van der Waals surface area contributed by atoms with Gasteiger partial charge < -0.3 is 19.3 Å². The molecule has 6 heteroatoms. The van der Waals surface area contributed by atoms with Gasteiger partial charge in [0, 0.05) is 44.8 Å². The average molecular weight is 334 g/mol. The third-order valence-electron chi connectivity index (χ3n) is 4.86. The number of rotatable bonds is 6. The van der Waals surface area contributed by atoms with E-state index in [0.717, 1.165) is 64.2 Å². The van der Waals surface area contributed by atoms with Crippen LogP contribution in [0.4, 0.5) is 5.82 Å². The highest BCUT2D eigenvalue weighted by Crippen LogP contribution is 2.27. The molecule has 134 valence electrons. The summed E-state index contributed by atoms with van der Waals surface area (Å²) in [5.41, 5.74) is 1.20. The normalized spacial score (nSPS) is 22.8. The Bertz CT molecular complexity index is 520. The van der Waals surface area contributed by atoms with Gasteiger partial charge in [0.2, 0.25) is 0 Å². The smallest absolute Gasteiger partial charge is 0.132 e. The first-order chi connectivity index (χ1) is 11.8. The third-order valence-corrected chi connectivity index (χ3v) is 4.86. The molecule has 0 saturated carbocycles. The lowest BCUT2D eigenvalue weighted by molar-refractivity contribution is 0.100. The van der Waals surface area contributed by atoms with Crippen molar-refractivity contribution in [1.82, 2.24) is 14.9 Å². The van der Waals surface area contributed by atoms with Crippen LogP contribution in [0.5, 0.6) is 0 Å². The zero-order valence-electron chi connectivity index (χ0n) is 15.0. The number of hydrogen-bond donors (Lipinski definition) is 0. The Morgan fingerprint density at radius 3 is 2.88 bits per heavy atom. The number of ether oxygens (including phenoxy) is 2. The van der Waals surface area contributed by atoms with Crippen molar-refractivity contribution >= 4 is 5.82 Å². The number of nitrogens with zero attached hydrogens (tertiary/aromatic N) is 4. The monoisotopic (exact) mass is 334 g/mol. The summed E-state index contributed by atoms with van der Waals surface area (Å²) < 4.78 is 11.0. The summed E-state index contributed by atoms with van der Waals surface area (Å²) in [5.74, 6) is 2.44. The summed E-state index contributed by atoms with van der Waals surface area (Å²) in [6.07, 6.45) is 2.44. The Kier molecular flexibility index (Phi) is 6.40. The first-order valence-electron chi connectivity index (χ1n) is 9.24. The summed E-state index contributed by atoms with van der Waals surface area (Å²) in [5, 5.41) is 0. The molecule has 2 aliphatic rings. The molecule has 2 aliphatic heterocycles. The van der Waals surface area contributed by atoms with Gasteiger partial charge in [-0.05, 0) is 33.2 Å². The molecule has 2 saturated heterocycles. The first-order valence-corrected chi connectivity index (χ1v) is 9.24. The lowest BCUT2D eigenvalue weighted by Gasteiger charge is -2.33. The van der Waals surface area contributed by atoms with Crippen LogP contribution in [0.2, 0.25) is 0 Å². The summed E-state index contributed by atoms with van der Waals surface area (Å²) in [6.45, 7) is 12.3. The SMILES string of the molecule is CCOCCN1CCCC(c2cc(N3CCOCC3)nc(C)n2)C1. The van der Waals surface area contributed by atoms with Gasteiger partial charge in [-0.15, -0.1) is 0 Å². The molecule has 0 N–H and O–H groups in total. The molecule has 0 aliphatic carbocycles. The summed E-state index contributed by atoms with van der Waals surface area (Å²) in [4.78, 5) is 14.2. The molecule has 1 aromatic heterocycles. The molecule has 1 aromatic rings. The minimum absolute atomic E-state index is 0.502. The van der Waals surface area contributed by atoms with Gasteiger partial charge in [0.05, 0.1) is 25.5 Å². The number of hydrogen-bond acceptors (Lipinski definition) is 6. The zero-order valence-corrected chi connectivity index (χ0v) is 15.0. The van der Waals surface area contributed by atoms with Crippen LogP contribution >= 0.6 is 0 Å². The second-order valence-corrected chi connectivity index (χ2v) is 6.63. The van der Waals surface area contributed by atoms with Crippen molar-refractivity contribution in [3.05, 3.63) is 17.6 Å². The number of piperidine rings is 1. The van der Waals surface area contributed by atoms with E-state index >= 15 is 0 Å². The fourth-order valence-corrected chi connectivity index (χ4v) is 3.58. The Morgan fingerprint density at radius 1 is 1.25 bits per heavy atom. The first kappa shape index (κ1) is 17.6. The van der Waals surface area contributed by atoms with Gasteiger partial charge in [-0.1, -0.05) is 0 Å². The summed E-state index contributed by atoms with van der Waals surface area (Å²) in [7, 11) is 0. The summed E-state index contributed by atoms with van der Waals surface area (Å²) in [6, 6.07) is 2.20. The fraction of sp³-hybridized carbons (Fsp3) is 0.778. The predicted octanol–water partition coefficient (Wildman–Crippen LogP) is 1.84. The van der Waals surface area contributed by atoms with Crippen LogP contribution < -0.4 is 4.90 Å². The van der Waals surface area contributed by atoms with E-state index in [9.17, 15) is 0 Å². The molecule has 3 heterocycles. The number of likely N-dealkylation sites (tertiary alicyclic amines) is 1. The maximum atomic E-state index is 5.51. The molecule has 3 rings (SSSR count). The molecule has 0 radical (unpaired) electrons. The number of aryl methyl sites for hydroxylation is 1. The Morgan fingerprint density at radius 2 is 2.08 bits per heavy atom. The molecule has 0 bridgehead atoms. The highest BCUT2D eigenvalue weighted by molar-refractivity contribution is 5.41. The molecule has 0 spiro atoms. The van der Waals surface area contributed by atoms with Crippen molar-refractivity contribution < 1.29 is 9.47 Å². The highest BCUT2D eigenvalue weighted by atomic mass is 16.5. The zero-order chi connectivity index (χ0) is 16.8. The largest absolute Gasteiger partial charge is 0.380 e. The van der Waals surface area contributed by atoms with Crippen molar-refractivity contribution in [2.75, 3.05) is 64.1 Å². The van der Waals surface area contributed by atoms with Crippen LogP contribution in [0, 0.1) is 6.92 Å². The van der Waals surface area contributed by atoms with Gasteiger partial charge in [0.25, 0.3) is 0 Å². The summed E-state index contributed by atoms with van der Waals surface area (Å²) >= 11 is 0. The lowest BCUT2D eigenvalue weighted by atomic mass is 9.94. The van der Waals surface area contributed by atoms with Crippen molar-refractivity contribution in [2.24, 2.45) is 0 Å². The van der Waals surface area contributed by atoms with E-state index in [2.05, 4.69) is 27.8 Å². The minimum Gasteiger partial charge on any atom is -0.380 e. The van der Waals surface area contributed by atoms with Crippen LogP contribution in [0.15, 0.2) is 6.07 Å². The van der Waals surface area contributed by atoms with Crippen molar-refractivity contribution in [2.45, 2.75) is 32.6 Å². The molecule has 0 amide bonds. The highest BCUT2D eigenvalue weighted by Gasteiger charge is 2.24. The standard InChI is InChI=1S/C18H30N4O2/c1-3-23-10-7-21-6-4-5-16(14-21)17-13-18(20-15(2)19-17)22-8-11-24-12-9-22/h13,16H,3-12,14H2,1-2H3. The topological polar surface area (TPSA) is 50.7 Å². The van der Waals surface area contributed by atoms with Crippen LogP contribution in [-0.2, 0) is 9.47 Å². The van der Waals surface area contributed by atoms with E-state index in [1.54, 1.807) is 0 Å². The Hall–Kier alpha value is -1.24. The number of morpholine rings is 1.